The number of carbonyl (C=O) groups excluding carboxylic acids is 1. The molecule has 0 radical (unpaired) electrons. The zero-order valence-corrected chi connectivity index (χ0v) is 35.1. The van der Waals surface area contributed by atoms with Crippen molar-refractivity contribution >= 4 is 85.6 Å². The second kappa shape index (κ2) is 20.6. The molecule has 0 aliphatic rings. The standard InChI is InChI=1S/C21H21ClFN5O2.C21H22ClFN4O3/c1-4-24-12(2)21(29)25-10-13-8-14-17(9-18(13)30-3)26-11-27-20(14)28-16-7-5-6-15(22)19(16)23;1-4-27(12(2)21(28)29)10-13-8-14-17(9-18(13)30-3)24-11-25-20(14)26-16-7-5-6-15(22)19(16)23/h5-9,11H,4,10H2,1-3H3,(H,25,29)(H,26,27,28);5-9,11-12H,4,10H2,1-3H3,(H,28,29)(H,24,25,26)/t;12-/m.1/s1. The number of nitrogens with one attached hydrogen (secondary N) is 3. The number of fused-ring (bicyclic) bond motifs is 2. The van der Waals surface area contributed by atoms with Crippen molar-refractivity contribution in [3.63, 3.8) is 0 Å². The number of hydrogen-bond donors (Lipinski definition) is 4. The number of benzene rings is 4. The quantitative estimate of drug-likeness (QED) is 0.0724. The maximum absolute atomic E-state index is 14.3. The van der Waals surface area contributed by atoms with E-state index in [0.29, 0.717) is 75.9 Å². The predicted molar refractivity (Wildman–Crippen MR) is 230 cm³/mol. The summed E-state index contributed by atoms with van der Waals surface area (Å²) < 4.78 is 39.6. The fraction of sp³-hybridized carbons (Fsp3) is 0.262. The average molecular weight is 863 g/mol. The Morgan fingerprint density at radius 3 is 1.78 bits per heavy atom. The van der Waals surface area contributed by atoms with Gasteiger partial charge in [-0.2, -0.15) is 0 Å². The Morgan fingerprint density at radius 2 is 1.32 bits per heavy atom. The summed E-state index contributed by atoms with van der Waals surface area (Å²) in [5.74, 6) is -0.366. The van der Waals surface area contributed by atoms with E-state index in [4.69, 9.17) is 32.7 Å². The van der Waals surface area contributed by atoms with Gasteiger partial charge < -0.3 is 30.5 Å². The molecule has 2 aromatic heterocycles. The van der Waals surface area contributed by atoms with Crippen LogP contribution in [0, 0.1) is 11.6 Å². The molecule has 0 spiro atoms. The maximum Gasteiger partial charge on any atom is 0.320 e. The lowest BCUT2D eigenvalue weighted by molar-refractivity contribution is -0.142. The number of aliphatic carboxylic acids is 1. The molecule has 18 heteroatoms. The largest absolute Gasteiger partial charge is 0.496 e. The fourth-order valence-corrected chi connectivity index (χ4v) is 6.41. The molecule has 2 heterocycles. The number of amides is 1. The Labute approximate surface area is 355 Å². The number of aliphatic imine (C=N–C) groups is 1. The average Bonchev–Trinajstić information content (AvgIpc) is 3.24. The van der Waals surface area contributed by atoms with Crippen LogP contribution in [0.2, 0.25) is 10.0 Å². The van der Waals surface area contributed by atoms with Crippen molar-refractivity contribution in [1.29, 1.82) is 0 Å². The number of anilines is 4. The van der Waals surface area contributed by atoms with Crippen molar-refractivity contribution in [3.8, 4) is 11.5 Å². The van der Waals surface area contributed by atoms with E-state index < -0.39 is 23.6 Å². The molecule has 6 rings (SSSR count). The van der Waals surface area contributed by atoms with Gasteiger partial charge in [-0.1, -0.05) is 42.3 Å². The lowest BCUT2D eigenvalue weighted by atomic mass is 10.1. The SMILES string of the molecule is CCN(Cc1cc2c(Nc3cccc(Cl)c3F)ncnc2cc1OC)[C@H](C)C(=O)O.CCN=C(C)C(=O)NCc1cc2c(Nc3cccc(Cl)c3F)ncnc2cc1OC. The molecule has 4 aromatic carbocycles. The number of ether oxygens (including phenoxy) is 2. The van der Waals surface area contributed by atoms with Crippen LogP contribution in [-0.4, -0.2) is 80.9 Å². The highest BCUT2D eigenvalue weighted by Gasteiger charge is 2.22. The van der Waals surface area contributed by atoms with Crippen molar-refractivity contribution in [2.45, 2.75) is 46.8 Å². The van der Waals surface area contributed by atoms with Crippen LogP contribution in [0.1, 0.15) is 38.8 Å². The summed E-state index contributed by atoms with van der Waals surface area (Å²) in [5, 5.41) is 19.4. The van der Waals surface area contributed by atoms with Gasteiger partial charge in [-0.15, -0.1) is 0 Å². The summed E-state index contributed by atoms with van der Waals surface area (Å²) >= 11 is 11.7. The Morgan fingerprint density at radius 1 is 0.817 bits per heavy atom. The van der Waals surface area contributed by atoms with E-state index in [1.807, 2.05) is 19.9 Å². The monoisotopic (exact) mass is 861 g/mol. The Balaban J connectivity index is 0.000000228. The van der Waals surface area contributed by atoms with Gasteiger partial charge in [-0.05, 0) is 63.7 Å². The second-order valence-electron chi connectivity index (χ2n) is 13.1. The van der Waals surface area contributed by atoms with E-state index in [0.717, 1.165) is 5.56 Å². The van der Waals surface area contributed by atoms with Crippen molar-refractivity contribution in [3.05, 3.63) is 106 Å². The van der Waals surface area contributed by atoms with Gasteiger partial charge in [0.15, 0.2) is 11.6 Å². The first-order valence-electron chi connectivity index (χ1n) is 18.6. The van der Waals surface area contributed by atoms with Crippen molar-refractivity contribution < 1.29 is 33.0 Å². The van der Waals surface area contributed by atoms with Gasteiger partial charge in [-0.25, -0.2) is 28.7 Å². The summed E-state index contributed by atoms with van der Waals surface area (Å²) in [7, 11) is 3.08. The van der Waals surface area contributed by atoms with Crippen LogP contribution >= 0.6 is 23.2 Å². The van der Waals surface area contributed by atoms with Crippen LogP contribution in [0.4, 0.5) is 31.8 Å². The third-order valence-corrected chi connectivity index (χ3v) is 9.92. The number of likely N-dealkylation sites (N-methyl/N-ethyl adjacent to an activating group) is 1. The second-order valence-corrected chi connectivity index (χ2v) is 13.9. The summed E-state index contributed by atoms with van der Waals surface area (Å²) in [6, 6.07) is 15.8. The van der Waals surface area contributed by atoms with Crippen LogP contribution in [0.15, 0.2) is 78.3 Å². The zero-order chi connectivity index (χ0) is 43.5. The number of carboxylic acids is 1. The normalized spacial score (nSPS) is 11.8. The topological polar surface area (TPSA) is 176 Å². The van der Waals surface area contributed by atoms with E-state index >= 15 is 0 Å². The van der Waals surface area contributed by atoms with Gasteiger partial charge in [0, 0.05) is 53.7 Å². The van der Waals surface area contributed by atoms with Crippen LogP contribution < -0.4 is 25.4 Å². The molecule has 14 nitrogen and oxygen atoms in total. The van der Waals surface area contributed by atoms with E-state index in [1.54, 1.807) is 68.3 Å². The van der Waals surface area contributed by atoms with Crippen LogP contribution in [0.3, 0.4) is 0 Å². The smallest absolute Gasteiger partial charge is 0.320 e. The van der Waals surface area contributed by atoms with Crippen LogP contribution in [-0.2, 0) is 22.7 Å². The first-order valence-corrected chi connectivity index (χ1v) is 19.4. The highest BCUT2D eigenvalue weighted by atomic mass is 35.5. The summed E-state index contributed by atoms with van der Waals surface area (Å²) in [6.45, 7) is 8.69. The fourth-order valence-electron chi connectivity index (χ4n) is 6.06. The minimum atomic E-state index is -0.904. The van der Waals surface area contributed by atoms with Gasteiger partial charge in [-0.3, -0.25) is 19.5 Å². The molecule has 0 bridgehead atoms. The predicted octanol–water partition coefficient (Wildman–Crippen LogP) is 8.74. The number of carboxylic acid groups (broad SMARTS) is 1. The number of nitrogens with zero attached hydrogens (tertiary/aromatic N) is 6. The van der Waals surface area contributed by atoms with E-state index in [2.05, 4.69) is 40.9 Å². The van der Waals surface area contributed by atoms with E-state index in [1.165, 1.54) is 31.9 Å². The van der Waals surface area contributed by atoms with Gasteiger partial charge >= 0.3 is 5.97 Å². The lowest BCUT2D eigenvalue weighted by Gasteiger charge is -2.25. The first-order chi connectivity index (χ1) is 28.8. The molecule has 0 saturated carbocycles. The molecule has 1 amide bonds. The molecule has 0 unspecified atom stereocenters. The molecule has 0 saturated heterocycles. The van der Waals surface area contributed by atoms with Crippen molar-refractivity contribution in [2.75, 3.05) is 37.9 Å². The molecule has 0 aliphatic carbocycles. The summed E-state index contributed by atoms with van der Waals surface area (Å²) in [4.78, 5) is 46.5. The lowest BCUT2D eigenvalue weighted by Crippen LogP contribution is -2.38. The summed E-state index contributed by atoms with van der Waals surface area (Å²) in [5.41, 5.74) is 3.47. The summed E-state index contributed by atoms with van der Waals surface area (Å²) in [6.07, 6.45) is 2.75. The number of methoxy groups -OCH3 is 2. The highest BCUT2D eigenvalue weighted by Crippen LogP contribution is 2.34. The third-order valence-electron chi connectivity index (χ3n) is 9.33. The molecule has 60 heavy (non-hydrogen) atoms. The molecular formula is C42H43Cl2F2N9O5. The highest BCUT2D eigenvalue weighted by molar-refractivity contribution is 6.37. The molecule has 6 aromatic rings. The van der Waals surface area contributed by atoms with Gasteiger partial charge in [0.2, 0.25) is 0 Å². The minimum absolute atomic E-state index is 0.00182. The molecule has 0 aliphatic heterocycles. The van der Waals surface area contributed by atoms with Crippen molar-refractivity contribution in [1.82, 2.24) is 30.2 Å². The number of halogens is 4. The minimum Gasteiger partial charge on any atom is -0.496 e. The molecule has 0 fully saturated rings. The molecule has 1 atom stereocenters. The third kappa shape index (κ3) is 10.7. The molecule has 314 valence electrons. The van der Waals surface area contributed by atoms with Crippen LogP contribution in [0.5, 0.6) is 11.5 Å². The number of hydrogen-bond acceptors (Lipinski definition) is 12. The van der Waals surface area contributed by atoms with Gasteiger partial charge in [0.1, 0.15) is 41.8 Å². The number of rotatable bonds is 15. The van der Waals surface area contributed by atoms with E-state index in [-0.39, 0.29) is 33.9 Å². The Hall–Kier alpha value is -6.23. The first kappa shape index (κ1) is 44.9. The molecule has 4 N–H and O–H groups in total. The Kier molecular flexibility index (Phi) is 15.4. The van der Waals surface area contributed by atoms with Gasteiger partial charge in [0.05, 0.1) is 52.4 Å². The Bertz CT molecular complexity index is 2550. The number of aromatic nitrogens is 4. The number of carbonyl (C=O) groups is 2. The van der Waals surface area contributed by atoms with Gasteiger partial charge in [0.25, 0.3) is 5.91 Å². The van der Waals surface area contributed by atoms with E-state index in [9.17, 15) is 23.5 Å². The van der Waals surface area contributed by atoms with Crippen molar-refractivity contribution in [2.24, 2.45) is 4.99 Å². The zero-order valence-electron chi connectivity index (χ0n) is 33.6. The van der Waals surface area contributed by atoms with Crippen LogP contribution in [0.25, 0.3) is 21.8 Å². The maximum atomic E-state index is 14.3. The molecular weight excluding hydrogens is 819 g/mol.